The van der Waals surface area contributed by atoms with Gasteiger partial charge in [0.15, 0.2) is 0 Å². The minimum Gasteiger partial charge on any atom is -0.356 e. The fourth-order valence-corrected chi connectivity index (χ4v) is 3.25. The van der Waals surface area contributed by atoms with Crippen molar-refractivity contribution in [3.8, 4) is 5.69 Å². The van der Waals surface area contributed by atoms with Crippen LogP contribution in [0.25, 0.3) is 5.69 Å². The van der Waals surface area contributed by atoms with E-state index in [1.165, 1.54) is 0 Å². The zero-order valence-electron chi connectivity index (χ0n) is 15.2. The standard InChI is InChI=1S/C20H26N4O2/c1-2-3-10-22-19(25)16-8-12-23(13-9-16)20(26)17-4-6-18(7-5-17)24-14-11-21-15-24/h4-7,11,14-16H,2-3,8-10,12-13H2,1H3,(H,22,25). The summed E-state index contributed by atoms with van der Waals surface area (Å²) < 4.78 is 1.90. The van der Waals surface area contributed by atoms with Gasteiger partial charge in [0.05, 0.1) is 6.33 Å². The van der Waals surface area contributed by atoms with Crippen LogP contribution in [-0.4, -0.2) is 45.9 Å². The molecule has 0 saturated carbocycles. The lowest BCUT2D eigenvalue weighted by Crippen LogP contribution is -2.43. The summed E-state index contributed by atoms with van der Waals surface area (Å²) in [5.41, 5.74) is 1.65. The fraction of sp³-hybridized carbons (Fsp3) is 0.450. The van der Waals surface area contributed by atoms with Crippen LogP contribution in [0, 0.1) is 5.92 Å². The highest BCUT2D eigenvalue weighted by Gasteiger charge is 2.27. The van der Waals surface area contributed by atoms with Gasteiger partial charge in [-0.15, -0.1) is 0 Å². The van der Waals surface area contributed by atoms with Crippen LogP contribution in [0.5, 0.6) is 0 Å². The Bertz CT molecular complexity index is 717. The summed E-state index contributed by atoms with van der Waals surface area (Å²) in [6.45, 7) is 4.12. The molecule has 26 heavy (non-hydrogen) atoms. The third kappa shape index (κ3) is 4.31. The van der Waals surface area contributed by atoms with E-state index < -0.39 is 0 Å². The molecule has 2 heterocycles. The van der Waals surface area contributed by atoms with Crippen LogP contribution in [0.2, 0.25) is 0 Å². The Balaban J connectivity index is 1.53. The summed E-state index contributed by atoms with van der Waals surface area (Å²) in [6, 6.07) is 7.54. The molecular weight excluding hydrogens is 328 g/mol. The molecule has 1 aromatic carbocycles. The lowest BCUT2D eigenvalue weighted by Gasteiger charge is -2.31. The molecule has 0 spiro atoms. The van der Waals surface area contributed by atoms with E-state index in [0.717, 1.165) is 37.9 Å². The number of nitrogens with one attached hydrogen (secondary N) is 1. The van der Waals surface area contributed by atoms with Crippen molar-refractivity contribution in [2.24, 2.45) is 5.92 Å². The molecule has 1 aliphatic rings. The highest BCUT2D eigenvalue weighted by Crippen LogP contribution is 2.20. The number of likely N-dealkylation sites (tertiary alicyclic amines) is 1. The number of piperidine rings is 1. The third-order valence-electron chi connectivity index (χ3n) is 4.90. The van der Waals surface area contributed by atoms with Gasteiger partial charge in [-0.25, -0.2) is 4.98 Å². The number of hydrogen-bond acceptors (Lipinski definition) is 3. The zero-order chi connectivity index (χ0) is 18.4. The van der Waals surface area contributed by atoms with Crippen LogP contribution < -0.4 is 5.32 Å². The van der Waals surface area contributed by atoms with Crippen LogP contribution in [0.3, 0.4) is 0 Å². The van der Waals surface area contributed by atoms with E-state index in [-0.39, 0.29) is 17.7 Å². The molecule has 0 unspecified atom stereocenters. The van der Waals surface area contributed by atoms with Crippen molar-refractivity contribution in [3.63, 3.8) is 0 Å². The minimum atomic E-state index is 0.0273. The first-order valence-electron chi connectivity index (χ1n) is 9.34. The van der Waals surface area contributed by atoms with Crippen molar-refractivity contribution in [2.45, 2.75) is 32.6 Å². The van der Waals surface area contributed by atoms with Gasteiger partial charge < -0.3 is 14.8 Å². The molecule has 1 fully saturated rings. The van der Waals surface area contributed by atoms with Crippen molar-refractivity contribution in [2.75, 3.05) is 19.6 Å². The van der Waals surface area contributed by atoms with Crippen LogP contribution in [-0.2, 0) is 4.79 Å². The first kappa shape index (κ1) is 18.2. The van der Waals surface area contributed by atoms with Crippen LogP contribution in [0.4, 0.5) is 0 Å². The Morgan fingerprint density at radius 1 is 1.19 bits per heavy atom. The predicted molar refractivity (Wildman–Crippen MR) is 100 cm³/mol. The number of benzene rings is 1. The maximum Gasteiger partial charge on any atom is 0.253 e. The molecule has 6 heteroatoms. The number of aromatic nitrogens is 2. The van der Waals surface area contributed by atoms with E-state index in [0.29, 0.717) is 18.7 Å². The summed E-state index contributed by atoms with van der Waals surface area (Å²) in [5.74, 6) is 0.196. The molecule has 0 radical (unpaired) electrons. The number of amides is 2. The second-order valence-electron chi connectivity index (χ2n) is 6.73. The highest BCUT2D eigenvalue weighted by molar-refractivity contribution is 5.94. The largest absolute Gasteiger partial charge is 0.356 e. The second-order valence-corrected chi connectivity index (χ2v) is 6.73. The number of imidazole rings is 1. The lowest BCUT2D eigenvalue weighted by atomic mass is 9.95. The molecule has 1 N–H and O–H groups in total. The van der Waals surface area contributed by atoms with Crippen molar-refractivity contribution >= 4 is 11.8 Å². The predicted octanol–water partition coefficient (Wildman–Crippen LogP) is 2.64. The Kier molecular flexibility index (Phi) is 6.04. The second kappa shape index (κ2) is 8.65. The number of carbonyl (C=O) groups excluding carboxylic acids is 2. The first-order chi connectivity index (χ1) is 12.7. The third-order valence-corrected chi connectivity index (χ3v) is 4.90. The quantitative estimate of drug-likeness (QED) is 0.811. The Morgan fingerprint density at radius 2 is 1.92 bits per heavy atom. The normalized spacial score (nSPS) is 15.0. The van der Waals surface area contributed by atoms with Crippen molar-refractivity contribution in [1.29, 1.82) is 0 Å². The number of nitrogens with zero attached hydrogens (tertiary/aromatic N) is 3. The van der Waals surface area contributed by atoms with E-state index in [2.05, 4.69) is 17.2 Å². The van der Waals surface area contributed by atoms with E-state index in [1.807, 2.05) is 39.9 Å². The monoisotopic (exact) mass is 354 g/mol. The topological polar surface area (TPSA) is 67.2 Å². The number of unbranched alkanes of at least 4 members (excludes halogenated alkanes) is 1. The van der Waals surface area contributed by atoms with Crippen LogP contribution >= 0.6 is 0 Å². The number of hydrogen-bond donors (Lipinski definition) is 1. The Labute approximate surface area is 154 Å². The molecule has 2 aromatic rings. The van der Waals surface area contributed by atoms with Gasteiger partial charge in [0, 0.05) is 49.2 Å². The summed E-state index contributed by atoms with van der Waals surface area (Å²) in [7, 11) is 0. The van der Waals surface area contributed by atoms with Gasteiger partial charge in [0.25, 0.3) is 5.91 Å². The highest BCUT2D eigenvalue weighted by atomic mass is 16.2. The Hall–Kier alpha value is -2.63. The molecule has 0 aliphatic carbocycles. The van der Waals surface area contributed by atoms with Gasteiger partial charge in [0.2, 0.25) is 5.91 Å². The average molecular weight is 354 g/mol. The molecule has 138 valence electrons. The molecule has 1 saturated heterocycles. The maximum absolute atomic E-state index is 12.7. The number of carbonyl (C=O) groups is 2. The summed E-state index contributed by atoms with van der Waals surface area (Å²) >= 11 is 0. The van der Waals surface area contributed by atoms with E-state index in [1.54, 1.807) is 12.5 Å². The van der Waals surface area contributed by atoms with E-state index in [9.17, 15) is 9.59 Å². The van der Waals surface area contributed by atoms with Crippen LogP contribution in [0.15, 0.2) is 43.0 Å². The summed E-state index contributed by atoms with van der Waals surface area (Å²) in [5, 5.41) is 3.00. The van der Waals surface area contributed by atoms with Crippen LogP contribution in [0.1, 0.15) is 43.0 Å². The minimum absolute atomic E-state index is 0.0273. The smallest absolute Gasteiger partial charge is 0.253 e. The molecule has 3 rings (SSSR count). The Morgan fingerprint density at radius 3 is 2.54 bits per heavy atom. The number of rotatable bonds is 6. The molecule has 0 bridgehead atoms. The zero-order valence-corrected chi connectivity index (χ0v) is 15.2. The average Bonchev–Trinajstić information content (AvgIpc) is 3.23. The molecule has 1 aliphatic heterocycles. The van der Waals surface area contributed by atoms with Crippen molar-refractivity contribution in [1.82, 2.24) is 19.8 Å². The van der Waals surface area contributed by atoms with Gasteiger partial charge in [-0.05, 0) is 43.5 Å². The van der Waals surface area contributed by atoms with E-state index >= 15 is 0 Å². The van der Waals surface area contributed by atoms with E-state index in [4.69, 9.17) is 0 Å². The molecule has 1 aromatic heterocycles. The van der Waals surface area contributed by atoms with Gasteiger partial charge >= 0.3 is 0 Å². The first-order valence-corrected chi connectivity index (χ1v) is 9.34. The SMILES string of the molecule is CCCCNC(=O)C1CCN(C(=O)c2ccc(-n3ccnc3)cc2)CC1. The fourth-order valence-electron chi connectivity index (χ4n) is 3.25. The lowest BCUT2D eigenvalue weighted by molar-refractivity contribution is -0.126. The summed E-state index contributed by atoms with van der Waals surface area (Å²) in [6.07, 6.45) is 8.88. The van der Waals surface area contributed by atoms with Gasteiger partial charge in [-0.3, -0.25) is 9.59 Å². The summed E-state index contributed by atoms with van der Waals surface area (Å²) in [4.78, 5) is 30.7. The molecular formula is C20H26N4O2. The van der Waals surface area contributed by atoms with Crippen molar-refractivity contribution < 1.29 is 9.59 Å². The maximum atomic E-state index is 12.7. The van der Waals surface area contributed by atoms with Crippen molar-refractivity contribution in [3.05, 3.63) is 48.5 Å². The van der Waals surface area contributed by atoms with Gasteiger partial charge in [-0.2, -0.15) is 0 Å². The molecule has 6 nitrogen and oxygen atoms in total. The molecule has 0 atom stereocenters. The molecule has 2 amide bonds. The van der Waals surface area contributed by atoms with Gasteiger partial charge in [0.1, 0.15) is 0 Å². The van der Waals surface area contributed by atoms with Gasteiger partial charge in [-0.1, -0.05) is 13.3 Å².